The summed E-state index contributed by atoms with van der Waals surface area (Å²) in [5.41, 5.74) is 0.0811. The van der Waals surface area contributed by atoms with E-state index in [1.165, 1.54) is 6.07 Å². The molecule has 1 aromatic rings. The second kappa shape index (κ2) is 11.2. The third kappa shape index (κ3) is 5.35. The molecule has 5 rings (SSSR count). The number of amides is 1. The quantitative estimate of drug-likeness (QED) is 0.482. The number of rotatable bonds is 4. The first-order valence-electron chi connectivity index (χ1n) is 13.4. The standard InChI is InChI=1S/C26H33F3N2O3.C2H6/c1-33-23-16-34-10-7-18(23)5-4-17-11-20-3-2-8-25(20,13-17)24(32)31-9-6-22-19(15-31)12-21(14-30-22)26(27,28)29;1-2/h4-5,12,14,17-18,20,23H,2-3,6-11,13,15-16H2,1H3;1-2H3/b5-4+;/t17-,18+,20-,23-,25-;/m1./s1. The number of allylic oxidation sites excluding steroid dienone is 1. The molecule has 0 unspecified atom stereocenters. The van der Waals surface area contributed by atoms with Crippen molar-refractivity contribution in [1.29, 1.82) is 0 Å². The molecule has 200 valence electrons. The minimum atomic E-state index is -4.43. The Morgan fingerprint density at radius 3 is 2.83 bits per heavy atom. The summed E-state index contributed by atoms with van der Waals surface area (Å²) in [6.07, 6.45) is 7.37. The molecule has 8 heteroatoms. The summed E-state index contributed by atoms with van der Waals surface area (Å²) >= 11 is 0. The molecule has 4 aliphatic rings. The number of alkyl halides is 3. The molecule has 2 aliphatic heterocycles. The Morgan fingerprint density at radius 1 is 1.28 bits per heavy atom. The number of methoxy groups -OCH3 is 1. The lowest BCUT2D eigenvalue weighted by Crippen LogP contribution is -2.46. The first-order chi connectivity index (χ1) is 17.3. The van der Waals surface area contributed by atoms with E-state index in [1.54, 1.807) is 12.0 Å². The van der Waals surface area contributed by atoms with Gasteiger partial charge in [0.15, 0.2) is 0 Å². The van der Waals surface area contributed by atoms with Crippen molar-refractivity contribution in [1.82, 2.24) is 9.88 Å². The third-order valence-electron chi connectivity index (χ3n) is 8.54. The number of nitrogens with zero attached hydrogens (tertiary/aromatic N) is 2. The second-order valence-electron chi connectivity index (χ2n) is 10.4. The van der Waals surface area contributed by atoms with Crippen LogP contribution < -0.4 is 0 Å². The second-order valence-corrected chi connectivity index (χ2v) is 10.4. The molecule has 5 nitrogen and oxygen atoms in total. The summed E-state index contributed by atoms with van der Waals surface area (Å²) in [5, 5.41) is 0. The summed E-state index contributed by atoms with van der Waals surface area (Å²) < 4.78 is 50.7. The maximum absolute atomic E-state index is 13.9. The van der Waals surface area contributed by atoms with E-state index in [1.807, 2.05) is 13.8 Å². The average Bonchev–Trinajstić information content (AvgIpc) is 3.45. The highest BCUT2D eigenvalue weighted by molar-refractivity contribution is 5.84. The molecule has 1 aromatic heterocycles. The van der Waals surface area contributed by atoms with E-state index in [2.05, 4.69) is 17.1 Å². The van der Waals surface area contributed by atoms with Crippen molar-refractivity contribution >= 4 is 5.91 Å². The van der Waals surface area contributed by atoms with E-state index in [0.29, 0.717) is 48.6 Å². The van der Waals surface area contributed by atoms with Gasteiger partial charge in [-0.1, -0.05) is 32.4 Å². The van der Waals surface area contributed by atoms with Gasteiger partial charge in [0.25, 0.3) is 0 Å². The van der Waals surface area contributed by atoms with Gasteiger partial charge in [0.05, 0.1) is 23.7 Å². The first kappa shape index (κ1) is 27.1. The summed E-state index contributed by atoms with van der Waals surface area (Å²) in [6, 6.07) is 1.17. The zero-order chi connectivity index (χ0) is 25.9. The summed E-state index contributed by atoms with van der Waals surface area (Å²) in [5.74, 6) is 1.17. The Balaban J connectivity index is 0.00000148. The molecule has 3 heterocycles. The predicted octanol–water partition coefficient (Wildman–Crippen LogP) is 5.82. The Bertz CT molecular complexity index is 950. The fraction of sp³-hybridized carbons (Fsp3) is 0.714. The molecule has 36 heavy (non-hydrogen) atoms. The van der Waals surface area contributed by atoms with Crippen molar-refractivity contribution in [2.75, 3.05) is 26.9 Å². The molecular weight excluding hydrogens is 469 g/mol. The molecule has 5 atom stereocenters. The predicted molar refractivity (Wildman–Crippen MR) is 131 cm³/mol. The van der Waals surface area contributed by atoms with Gasteiger partial charge in [-0.05, 0) is 55.6 Å². The van der Waals surface area contributed by atoms with Crippen LogP contribution in [0.4, 0.5) is 13.2 Å². The van der Waals surface area contributed by atoms with Crippen LogP contribution in [0.15, 0.2) is 24.4 Å². The number of hydrogen-bond acceptors (Lipinski definition) is 4. The Kier molecular flexibility index (Phi) is 8.45. The SMILES string of the molecule is CC.CO[C@@H]1COCC[C@@H]1/C=C/[C@@H]1C[C@H]2CCC[C@@]2(C(=O)N2CCc3ncc(C(F)(F)F)cc3C2)C1. The number of pyridine rings is 1. The normalized spacial score (nSPS) is 32.1. The number of ether oxygens (including phenoxy) is 2. The van der Waals surface area contributed by atoms with Gasteiger partial charge in [0.1, 0.15) is 0 Å². The molecule has 2 aliphatic carbocycles. The number of carbonyl (C=O) groups excluding carboxylic acids is 1. The Morgan fingerprint density at radius 2 is 2.08 bits per heavy atom. The van der Waals surface area contributed by atoms with Gasteiger partial charge in [0.2, 0.25) is 5.91 Å². The molecule has 0 N–H and O–H groups in total. The maximum Gasteiger partial charge on any atom is 0.417 e. The van der Waals surface area contributed by atoms with E-state index in [9.17, 15) is 18.0 Å². The highest BCUT2D eigenvalue weighted by Crippen LogP contribution is 2.58. The number of aromatic nitrogens is 1. The first-order valence-corrected chi connectivity index (χ1v) is 13.4. The number of hydrogen-bond donors (Lipinski definition) is 0. The lowest BCUT2D eigenvalue weighted by atomic mass is 9.78. The van der Waals surface area contributed by atoms with Crippen LogP contribution in [-0.4, -0.2) is 48.8 Å². The highest BCUT2D eigenvalue weighted by atomic mass is 19.4. The zero-order valence-electron chi connectivity index (χ0n) is 21.7. The van der Waals surface area contributed by atoms with Gasteiger partial charge in [-0.2, -0.15) is 13.2 Å². The maximum atomic E-state index is 13.9. The molecule has 1 amide bonds. The van der Waals surface area contributed by atoms with Crippen molar-refractivity contribution < 1.29 is 27.4 Å². The van der Waals surface area contributed by atoms with Gasteiger partial charge in [-0.25, -0.2) is 0 Å². The Labute approximate surface area is 212 Å². The summed E-state index contributed by atoms with van der Waals surface area (Å²) in [6.45, 7) is 6.10. The van der Waals surface area contributed by atoms with E-state index >= 15 is 0 Å². The van der Waals surface area contributed by atoms with Gasteiger partial charge < -0.3 is 14.4 Å². The monoisotopic (exact) mass is 508 g/mol. The van der Waals surface area contributed by atoms with Crippen LogP contribution in [-0.2, 0) is 33.4 Å². The van der Waals surface area contributed by atoms with Crippen LogP contribution in [0.25, 0.3) is 0 Å². The van der Waals surface area contributed by atoms with Crippen molar-refractivity contribution in [2.45, 2.75) is 77.6 Å². The van der Waals surface area contributed by atoms with Crippen LogP contribution in [0, 0.1) is 23.2 Å². The van der Waals surface area contributed by atoms with Crippen LogP contribution in [0.1, 0.15) is 69.2 Å². The van der Waals surface area contributed by atoms with Crippen molar-refractivity contribution in [2.24, 2.45) is 23.2 Å². The van der Waals surface area contributed by atoms with E-state index in [-0.39, 0.29) is 24.0 Å². The topological polar surface area (TPSA) is 51.7 Å². The largest absolute Gasteiger partial charge is 0.417 e. The molecular formula is C28H39F3N2O3. The number of carbonyl (C=O) groups is 1. The lowest BCUT2D eigenvalue weighted by Gasteiger charge is -2.37. The summed E-state index contributed by atoms with van der Waals surface area (Å²) in [7, 11) is 1.72. The smallest absolute Gasteiger partial charge is 0.379 e. The van der Waals surface area contributed by atoms with Crippen LogP contribution in [0.2, 0.25) is 0 Å². The highest BCUT2D eigenvalue weighted by Gasteiger charge is 2.55. The van der Waals surface area contributed by atoms with Crippen molar-refractivity contribution in [3.8, 4) is 0 Å². The van der Waals surface area contributed by atoms with Crippen molar-refractivity contribution in [3.05, 3.63) is 41.2 Å². The minimum Gasteiger partial charge on any atom is -0.379 e. The molecule has 1 saturated heterocycles. The van der Waals surface area contributed by atoms with Gasteiger partial charge in [0, 0.05) is 51.0 Å². The summed E-state index contributed by atoms with van der Waals surface area (Å²) in [4.78, 5) is 19.7. The van der Waals surface area contributed by atoms with Crippen LogP contribution in [0.3, 0.4) is 0 Å². The fourth-order valence-electron chi connectivity index (χ4n) is 6.75. The van der Waals surface area contributed by atoms with Crippen LogP contribution in [0.5, 0.6) is 0 Å². The van der Waals surface area contributed by atoms with Gasteiger partial charge >= 0.3 is 6.18 Å². The average molecular weight is 509 g/mol. The zero-order valence-corrected chi connectivity index (χ0v) is 21.7. The van der Waals surface area contributed by atoms with Crippen LogP contribution >= 0.6 is 0 Å². The van der Waals surface area contributed by atoms with E-state index in [0.717, 1.165) is 51.3 Å². The molecule has 0 aromatic carbocycles. The van der Waals surface area contributed by atoms with Gasteiger partial charge in [-0.3, -0.25) is 9.78 Å². The number of fused-ring (bicyclic) bond motifs is 2. The molecule has 2 saturated carbocycles. The Hall–Kier alpha value is -1.93. The number of halogens is 3. The molecule has 0 radical (unpaired) electrons. The lowest BCUT2D eigenvalue weighted by molar-refractivity contribution is -0.144. The third-order valence-corrected chi connectivity index (χ3v) is 8.54. The van der Waals surface area contributed by atoms with Gasteiger partial charge in [-0.15, -0.1) is 0 Å². The molecule has 3 fully saturated rings. The van der Waals surface area contributed by atoms with E-state index < -0.39 is 11.7 Å². The molecule has 0 spiro atoms. The fourth-order valence-corrected chi connectivity index (χ4v) is 6.75. The molecule has 0 bridgehead atoms. The van der Waals surface area contributed by atoms with E-state index in [4.69, 9.17) is 9.47 Å². The van der Waals surface area contributed by atoms with Crippen molar-refractivity contribution in [3.63, 3.8) is 0 Å². The minimum absolute atomic E-state index is 0.0742.